The molecule has 96 valence electrons. The maximum Gasteiger partial charge on any atom is 0.137 e. The largest absolute Gasteiger partial charge is 0.458 e. The van der Waals surface area contributed by atoms with Gasteiger partial charge < -0.3 is 9.52 Å². The highest BCUT2D eigenvalue weighted by Crippen LogP contribution is 2.36. The molecule has 2 nitrogen and oxygen atoms in total. The Morgan fingerprint density at radius 3 is 3.00 bits per heavy atom. The number of benzene rings is 1. The second-order valence-electron chi connectivity index (χ2n) is 4.57. The quantitative estimate of drug-likeness (QED) is 0.911. The van der Waals surface area contributed by atoms with E-state index in [1.54, 1.807) is 0 Å². The standard InChI is InChI=1S/C14H16O2S2/c1-9-3-2-4-10-7-11(16-14(9)10)13(15)12-8-17-5-6-18-12/h2-4,7,12-13,15H,5-6,8H2,1H3. The predicted molar refractivity (Wildman–Crippen MR) is 79.5 cm³/mol. The van der Waals surface area contributed by atoms with Crippen molar-refractivity contribution in [2.24, 2.45) is 0 Å². The van der Waals surface area contributed by atoms with Crippen LogP contribution in [0.2, 0.25) is 0 Å². The smallest absolute Gasteiger partial charge is 0.137 e. The molecule has 1 fully saturated rings. The number of aryl methyl sites for hydroxylation is 1. The van der Waals surface area contributed by atoms with Crippen molar-refractivity contribution in [1.29, 1.82) is 0 Å². The molecule has 3 rings (SSSR count). The van der Waals surface area contributed by atoms with E-state index in [-0.39, 0.29) is 5.25 Å². The topological polar surface area (TPSA) is 33.4 Å². The van der Waals surface area contributed by atoms with Crippen LogP contribution >= 0.6 is 23.5 Å². The van der Waals surface area contributed by atoms with Gasteiger partial charge in [0, 0.05) is 27.9 Å². The molecule has 0 amide bonds. The van der Waals surface area contributed by atoms with Crippen LogP contribution < -0.4 is 0 Å². The summed E-state index contributed by atoms with van der Waals surface area (Å²) in [5.74, 6) is 4.01. The molecule has 0 bridgehead atoms. The summed E-state index contributed by atoms with van der Waals surface area (Å²) in [4.78, 5) is 0. The Bertz CT molecular complexity index is 544. The lowest BCUT2D eigenvalue weighted by atomic mass is 10.1. The van der Waals surface area contributed by atoms with E-state index in [1.165, 1.54) is 5.75 Å². The number of aliphatic hydroxyl groups excluding tert-OH is 1. The summed E-state index contributed by atoms with van der Waals surface area (Å²) in [5, 5.41) is 11.7. The number of hydrogen-bond donors (Lipinski definition) is 1. The van der Waals surface area contributed by atoms with Crippen molar-refractivity contribution in [1.82, 2.24) is 0 Å². The van der Waals surface area contributed by atoms with E-state index in [1.807, 2.05) is 54.7 Å². The van der Waals surface area contributed by atoms with Crippen LogP contribution in [0.1, 0.15) is 17.4 Å². The highest BCUT2D eigenvalue weighted by molar-refractivity contribution is 8.06. The first kappa shape index (κ1) is 12.5. The van der Waals surface area contributed by atoms with E-state index in [9.17, 15) is 5.11 Å². The lowest BCUT2D eigenvalue weighted by Gasteiger charge is -2.24. The van der Waals surface area contributed by atoms with Gasteiger partial charge in [-0.2, -0.15) is 23.5 Å². The summed E-state index contributed by atoms with van der Waals surface area (Å²) in [6, 6.07) is 8.07. The van der Waals surface area contributed by atoms with E-state index in [0.29, 0.717) is 5.76 Å². The van der Waals surface area contributed by atoms with Gasteiger partial charge in [-0.15, -0.1) is 0 Å². The molecule has 2 atom stereocenters. The Kier molecular flexibility index (Phi) is 3.59. The van der Waals surface area contributed by atoms with Gasteiger partial charge in [-0.1, -0.05) is 18.2 Å². The van der Waals surface area contributed by atoms with Gasteiger partial charge in [0.15, 0.2) is 0 Å². The summed E-state index contributed by atoms with van der Waals surface area (Å²) < 4.78 is 5.84. The van der Waals surface area contributed by atoms with E-state index in [2.05, 4.69) is 0 Å². The van der Waals surface area contributed by atoms with Crippen LogP contribution in [0.5, 0.6) is 0 Å². The van der Waals surface area contributed by atoms with Gasteiger partial charge in [-0.05, 0) is 18.6 Å². The molecular weight excluding hydrogens is 264 g/mol. The monoisotopic (exact) mass is 280 g/mol. The molecule has 2 aromatic rings. The first-order chi connectivity index (χ1) is 8.75. The number of thioether (sulfide) groups is 2. The molecule has 0 radical (unpaired) electrons. The lowest BCUT2D eigenvalue weighted by Crippen LogP contribution is -2.21. The van der Waals surface area contributed by atoms with Crippen LogP contribution in [0.25, 0.3) is 11.0 Å². The molecule has 0 saturated carbocycles. The van der Waals surface area contributed by atoms with Crippen molar-refractivity contribution in [2.45, 2.75) is 18.3 Å². The normalized spacial score (nSPS) is 22.2. The number of rotatable bonds is 2. The van der Waals surface area contributed by atoms with E-state index in [4.69, 9.17) is 4.42 Å². The Morgan fingerprint density at radius 1 is 1.39 bits per heavy atom. The highest BCUT2D eigenvalue weighted by atomic mass is 32.2. The van der Waals surface area contributed by atoms with Gasteiger partial charge in [0.05, 0.1) is 0 Å². The SMILES string of the molecule is Cc1cccc2cc(C(O)C3CSCCS3)oc12. The Balaban J connectivity index is 1.91. The number of aliphatic hydroxyl groups is 1. The molecule has 2 unspecified atom stereocenters. The number of furan rings is 1. The van der Waals surface area contributed by atoms with Crippen LogP contribution in [0, 0.1) is 6.92 Å². The summed E-state index contributed by atoms with van der Waals surface area (Å²) in [6.45, 7) is 2.03. The minimum absolute atomic E-state index is 0.254. The second kappa shape index (κ2) is 5.19. The summed E-state index contributed by atoms with van der Waals surface area (Å²) in [6.07, 6.45) is -0.491. The van der Waals surface area contributed by atoms with Gasteiger partial charge in [0.1, 0.15) is 17.4 Å². The average molecular weight is 280 g/mol. The third-order valence-corrected chi connectivity index (χ3v) is 6.09. The minimum atomic E-state index is -0.491. The van der Waals surface area contributed by atoms with Gasteiger partial charge in [0.25, 0.3) is 0 Å². The number of para-hydroxylation sites is 1. The predicted octanol–water partition coefficient (Wildman–Crippen LogP) is 3.62. The lowest BCUT2D eigenvalue weighted by molar-refractivity contribution is 0.154. The van der Waals surface area contributed by atoms with Crippen molar-refractivity contribution >= 4 is 34.5 Å². The molecule has 4 heteroatoms. The summed E-state index contributed by atoms with van der Waals surface area (Å²) in [5.41, 5.74) is 2.02. The van der Waals surface area contributed by atoms with Crippen molar-refractivity contribution in [2.75, 3.05) is 17.3 Å². The van der Waals surface area contributed by atoms with Crippen molar-refractivity contribution in [3.63, 3.8) is 0 Å². The number of fused-ring (bicyclic) bond motifs is 1. The average Bonchev–Trinajstić information content (AvgIpc) is 2.84. The first-order valence-electron chi connectivity index (χ1n) is 6.12. The molecular formula is C14H16O2S2. The Hall–Kier alpha value is -0.580. The maximum absolute atomic E-state index is 10.4. The molecule has 1 aromatic carbocycles. The fourth-order valence-electron chi connectivity index (χ4n) is 2.25. The Morgan fingerprint density at radius 2 is 2.28 bits per heavy atom. The van der Waals surface area contributed by atoms with Crippen molar-refractivity contribution in [3.05, 3.63) is 35.6 Å². The molecule has 18 heavy (non-hydrogen) atoms. The van der Waals surface area contributed by atoms with Crippen LogP contribution in [-0.2, 0) is 0 Å². The third kappa shape index (κ3) is 2.29. The van der Waals surface area contributed by atoms with E-state index < -0.39 is 6.10 Å². The van der Waals surface area contributed by atoms with Gasteiger partial charge in [-0.3, -0.25) is 0 Å². The zero-order valence-electron chi connectivity index (χ0n) is 10.3. The molecule has 1 aliphatic rings. The van der Waals surface area contributed by atoms with Crippen LogP contribution in [0.3, 0.4) is 0 Å². The van der Waals surface area contributed by atoms with Gasteiger partial charge in [-0.25, -0.2) is 0 Å². The Labute approximate surface area is 115 Å². The fraction of sp³-hybridized carbons (Fsp3) is 0.429. The van der Waals surface area contributed by atoms with Crippen molar-refractivity contribution < 1.29 is 9.52 Å². The molecule has 1 saturated heterocycles. The van der Waals surface area contributed by atoms with E-state index >= 15 is 0 Å². The molecule has 1 aromatic heterocycles. The molecule has 1 N–H and O–H groups in total. The zero-order chi connectivity index (χ0) is 12.5. The second-order valence-corrected chi connectivity index (χ2v) is 7.07. The molecule has 1 aliphatic heterocycles. The third-order valence-electron chi connectivity index (χ3n) is 3.25. The van der Waals surface area contributed by atoms with Crippen LogP contribution in [0.4, 0.5) is 0 Å². The number of hydrogen-bond acceptors (Lipinski definition) is 4. The van der Waals surface area contributed by atoms with Crippen molar-refractivity contribution in [3.8, 4) is 0 Å². The van der Waals surface area contributed by atoms with Gasteiger partial charge >= 0.3 is 0 Å². The molecule has 0 aliphatic carbocycles. The fourth-order valence-corrected chi connectivity index (χ4v) is 4.98. The minimum Gasteiger partial charge on any atom is -0.458 e. The molecule has 2 heterocycles. The summed E-state index contributed by atoms with van der Waals surface area (Å²) >= 11 is 3.76. The van der Waals surface area contributed by atoms with E-state index in [0.717, 1.165) is 28.0 Å². The van der Waals surface area contributed by atoms with Crippen LogP contribution in [-0.4, -0.2) is 27.6 Å². The zero-order valence-corrected chi connectivity index (χ0v) is 11.9. The van der Waals surface area contributed by atoms with Gasteiger partial charge in [0.2, 0.25) is 0 Å². The highest BCUT2D eigenvalue weighted by Gasteiger charge is 2.26. The first-order valence-corrected chi connectivity index (χ1v) is 8.32. The maximum atomic E-state index is 10.4. The molecule has 0 spiro atoms. The van der Waals surface area contributed by atoms with Crippen LogP contribution in [0.15, 0.2) is 28.7 Å². The summed E-state index contributed by atoms with van der Waals surface area (Å²) in [7, 11) is 0.